The molecule has 2 fully saturated rings. The first-order chi connectivity index (χ1) is 12.3. The number of aromatic nitrogens is 2. The summed E-state index contributed by atoms with van der Waals surface area (Å²) in [7, 11) is 0. The maximum atomic E-state index is 12.1. The van der Waals surface area contributed by atoms with E-state index >= 15 is 0 Å². The van der Waals surface area contributed by atoms with E-state index in [4.69, 9.17) is 4.42 Å². The van der Waals surface area contributed by atoms with Gasteiger partial charge in [-0.2, -0.15) is 0 Å². The van der Waals surface area contributed by atoms with Gasteiger partial charge in [-0.1, -0.05) is 23.9 Å². The highest BCUT2D eigenvalue weighted by Crippen LogP contribution is 2.39. The molecule has 1 aromatic heterocycles. The zero-order valence-electron chi connectivity index (χ0n) is 14.2. The van der Waals surface area contributed by atoms with Gasteiger partial charge < -0.3 is 14.6 Å². The number of hydrogen-bond donors (Lipinski definition) is 2. The lowest BCUT2D eigenvalue weighted by Gasteiger charge is -2.12. The van der Waals surface area contributed by atoms with Crippen LogP contribution in [-0.2, 0) is 11.3 Å². The molecular formula is C18H23N4O2S+. The molecule has 2 N–H and O–H groups in total. The number of nitrogens with one attached hydrogen (secondary N) is 2. The molecule has 0 spiro atoms. The molecule has 1 aliphatic carbocycles. The van der Waals surface area contributed by atoms with Crippen molar-refractivity contribution >= 4 is 23.4 Å². The van der Waals surface area contributed by atoms with Gasteiger partial charge in [0.2, 0.25) is 11.8 Å². The van der Waals surface area contributed by atoms with Gasteiger partial charge in [0.25, 0.3) is 5.22 Å². The Hall–Kier alpha value is -1.86. The van der Waals surface area contributed by atoms with E-state index in [0.717, 1.165) is 25.1 Å². The van der Waals surface area contributed by atoms with Crippen LogP contribution in [0, 0.1) is 0 Å². The average Bonchev–Trinajstić information content (AvgIpc) is 3.14. The summed E-state index contributed by atoms with van der Waals surface area (Å²) in [6.45, 7) is 3.62. The van der Waals surface area contributed by atoms with Gasteiger partial charge in [0.15, 0.2) is 0 Å². The van der Waals surface area contributed by atoms with Crippen molar-refractivity contribution in [2.24, 2.45) is 0 Å². The second-order valence-electron chi connectivity index (χ2n) is 6.85. The van der Waals surface area contributed by atoms with Gasteiger partial charge in [-0.3, -0.25) is 4.79 Å². The summed E-state index contributed by atoms with van der Waals surface area (Å²) < 4.78 is 5.55. The van der Waals surface area contributed by atoms with Crippen LogP contribution in [0.3, 0.4) is 0 Å². The number of rotatable bonds is 7. The van der Waals surface area contributed by atoms with Crippen LogP contribution in [0.1, 0.15) is 43.1 Å². The molecule has 0 unspecified atom stereocenters. The van der Waals surface area contributed by atoms with E-state index < -0.39 is 0 Å². The number of thioether (sulfide) groups is 1. The molecule has 2 aromatic rings. The fourth-order valence-electron chi connectivity index (χ4n) is 3.14. The van der Waals surface area contributed by atoms with Crippen LogP contribution in [0.5, 0.6) is 0 Å². The SMILES string of the molecule is O=C(CSc1nnc(C2CC2)o1)Nc1ccc(C[NH+]2CCCC2)cc1. The number of carbonyl (C=O) groups is 1. The molecule has 1 saturated heterocycles. The second-order valence-corrected chi connectivity index (χ2v) is 7.77. The molecule has 1 aliphatic heterocycles. The monoisotopic (exact) mass is 359 g/mol. The smallest absolute Gasteiger partial charge is 0.277 e. The first kappa shape index (κ1) is 16.6. The van der Waals surface area contributed by atoms with Crippen molar-refractivity contribution in [3.05, 3.63) is 35.7 Å². The Bertz CT molecular complexity index is 721. The molecule has 132 valence electrons. The minimum atomic E-state index is -0.0610. The zero-order valence-corrected chi connectivity index (χ0v) is 15.0. The van der Waals surface area contributed by atoms with Crippen LogP contribution in [0.4, 0.5) is 5.69 Å². The first-order valence-corrected chi connectivity index (χ1v) is 9.93. The third-order valence-corrected chi connectivity index (χ3v) is 5.50. The predicted molar refractivity (Wildman–Crippen MR) is 95.7 cm³/mol. The van der Waals surface area contributed by atoms with Gasteiger partial charge in [-0.15, -0.1) is 10.2 Å². The molecule has 2 aliphatic rings. The lowest BCUT2D eigenvalue weighted by molar-refractivity contribution is -0.901. The number of quaternary nitrogens is 1. The van der Waals surface area contributed by atoms with Crippen molar-refractivity contribution in [2.45, 2.75) is 43.4 Å². The normalized spacial score (nSPS) is 17.8. The molecule has 1 saturated carbocycles. The minimum Gasteiger partial charge on any atom is -0.416 e. The quantitative estimate of drug-likeness (QED) is 0.738. The van der Waals surface area contributed by atoms with E-state index in [1.165, 1.54) is 43.3 Å². The molecule has 6 nitrogen and oxygen atoms in total. The van der Waals surface area contributed by atoms with Gasteiger partial charge in [-0.05, 0) is 25.0 Å². The van der Waals surface area contributed by atoms with E-state index in [1.54, 1.807) is 4.90 Å². The van der Waals surface area contributed by atoms with Gasteiger partial charge >= 0.3 is 0 Å². The predicted octanol–water partition coefficient (Wildman–Crippen LogP) is 1.86. The molecule has 4 rings (SSSR count). The summed E-state index contributed by atoms with van der Waals surface area (Å²) in [6.07, 6.45) is 4.93. The first-order valence-electron chi connectivity index (χ1n) is 8.95. The van der Waals surface area contributed by atoms with Crippen LogP contribution in [0.15, 0.2) is 33.9 Å². The number of carbonyl (C=O) groups excluding carboxylic acids is 1. The van der Waals surface area contributed by atoms with Gasteiger partial charge in [0.1, 0.15) is 6.54 Å². The largest absolute Gasteiger partial charge is 0.416 e. The Morgan fingerprint density at radius 2 is 1.96 bits per heavy atom. The maximum absolute atomic E-state index is 12.1. The second kappa shape index (κ2) is 7.58. The molecule has 0 atom stereocenters. The van der Waals surface area contributed by atoms with Crippen molar-refractivity contribution in [3.63, 3.8) is 0 Å². The molecular weight excluding hydrogens is 336 g/mol. The van der Waals surface area contributed by atoms with Crippen molar-refractivity contribution < 1.29 is 14.1 Å². The Morgan fingerprint density at radius 1 is 1.20 bits per heavy atom. The molecule has 1 aromatic carbocycles. The highest BCUT2D eigenvalue weighted by Gasteiger charge is 2.29. The van der Waals surface area contributed by atoms with E-state index in [1.807, 2.05) is 12.1 Å². The maximum Gasteiger partial charge on any atom is 0.277 e. The van der Waals surface area contributed by atoms with Crippen molar-refractivity contribution in [1.29, 1.82) is 0 Å². The Labute approximate surface area is 151 Å². The lowest BCUT2D eigenvalue weighted by Crippen LogP contribution is -3.08. The fraction of sp³-hybridized carbons (Fsp3) is 0.500. The van der Waals surface area contributed by atoms with Crippen molar-refractivity contribution in [3.8, 4) is 0 Å². The van der Waals surface area contributed by atoms with E-state index in [0.29, 0.717) is 17.0 Å². The molecule has 0 radical (unpaired) electrons. The highest BCUT2D eigenvalue weighted by molar-refractivity contribution is 7.99. The Kier molecular flexibility index (Phi) is 5.03. The number of anilines is 1. The summed E-state index contributed by atoms with van der Waals surface area (Å²) >= 11 is 1.28. The summed E-state index contributed by atoms with van der Waals surface area (Å²) in [4.78, 5) is 13.7. The Balaban J connectivity index is 1.23. The van der Waals surface area contributed by atoms with Crippen LogP contribution in [0.2, 0.25) is 0 Å². The fourth-order valence-corrected chi connectivity index (χ4v) is 3.71. The summed E-state index contributed by atoms with van der Waals surface area (Å²) in [5.41, 5.74) is 2.15. The van der Waals surface area contributed by atoms with Crippen LogP contribution < -0.4 is 10.2 Å². The minimum absolute atomic E-state index is 0.0610. The van der Waals surface area contributed by atoms with E-state index in [2.05, 4.69) is 27.6 Å². The van der Waals surface area contributed by atoms with Crippen LogP contribution in [0.25, 0.3) is 0 Å². The summed E-state index contributed by atoms with van der Waals surface area (Å²) in [6, 6.07) is 8.17. The van der Waals surface area contributed by atoms with Crippen molar-refractivity contribution in [1.82, 2.24) is 10.2 Å². The molecule has 1 amide bonds. The average molecular weight is 359 g/mol. The number of amides is 1. The van der Waals surface area contributed by atoms with Gasteiger partial charge in [-0.25, -0.2) is 0 Å². The van der Waals surface area contributed by atoms with Gasteiger partial charge in [0.05, 0.1) is 18.8 Å². The molecule has 2 heterocycles. The third kappa shape index (κ3) is 4.61. The Morgan fingerprint density at radius 3 is 2.68 bits per heavy atom. The number of likely N-dealkylation sites (tertiary alicyclic amines) is 1. The highest BCUT2D eigenvalue weighted by atomic mass is 32.2. The number of hydrogen-bond acceptors (Lipinski definition) is 5. The van der Waals surface area contributed by atoms with Crippen LogP contribution in [-0.4, -0.2) is 34.9 Å². The molecule has 0 bridgehead atoms. The lowest BCUT2D eigenvalue weighted by atomic mass is 10.2. The molecule has 25 heavy (non-hydrogen) atoms. The number of benzene rings is 1. The van der Waals surface area contributed by atoms with Crippen molar-refractivity contribution in [2.75, 3.05) is 24.2 Å². The summed E-state index contributed by atoms with van der Waals surface area (Å²) in [5, 5.41) is 11.4. The summed E-state index contributed by atoms with van der Waals surface area (Å²) in [5.74, 6) is 1.36. The molecule has 7 heteroatoms. The van der Waals surface area contributed by atoms with Gasteiger partial charge in [0, 0.05) is 30.0 Å². The number of nitrogens with zero attached hydrogens (tertiary/aromatic N) is 2. The van der Waals surface area contributed by atoms with E-state index in [-0.39, 0.29) is 11.7 Å². The topological polar surface area (TPSA) is 72.5 Å². The third-order valence-electron chi connectivity index (χ3n) is 4.68. The van der Waals surface area contributed by atoms with Crippen LogP contribution >= 0.6 is 11.8 Å². The zero-order chi connectivity index (χ0) is 17.1. The standard InChI is InChI=1S/C18H22N4O2S/c23-16(12-25-18-21-20-17(24-18)14-5-6-14)19-15-7-3-13(4-8-15)11-22-9-1-2-10-22/h3-4,7-8,14H,1-2,5-6,9-12H2,(H,19,23)/p+1. The van der Waals surface area contributed by atoms with E-state index in [9.17, 15) is 4.79 Å².